The predicted octanol–water partition coefficient (Wildman–Crippen LogP) is 2.97. The fraction of sp³-hybridized carbons (Fsp3) is 0.647. The van der Waals surface area contributed by atoms with Crippen molar-refractivity contribution in [3.63, 3.8) is 0 Å². The molecule has 0 aliphatic heterocycles. The molecule has 0 unspecified atom stereocenters. The van der Waals surface area contributed by atoms with E-state index in [9.17, 15) is 4.79 Å². The zero-order valence-electron chi connectivity index (χ0n) is 14.4. The average Bonchev–Trinajstić information content (AvgIpc) is 3.02. The average molecular weight is 361 g/mol. The number of tetrazole rings is 1. The lowest BCUT2D eigenvalue weighted by Gasteiger charge is -2.21. The van der Waals surface area contributed by atoms with E-state index in [1.54, 1.807) is 0 Å². The molecule has 0 spiro atoms. The summed E-state index contributed by atoms with van der Waals surface area (Å²) in [6.07, 6.45) is 6.86. The van der Waals surface area contributed by atoms with E-state index in [0.29, 0.717) is 24.4 Å². The van der Waals surface area contributed by atoms with Crippen molar-refractivity contribution >= 4 is 17.7 Å². The molecule has 2 aliphatic rings. The fourth-order valence-electron chi connectivity index (χ4n) is 3.41. The molecule has 7 nitrogen and oxygen atoms in total. The summed E-state index contributed by atoms with van der Waals surface area (Å²) in [5.41, 5.74) is 0. The van der Waals surface area contributed by atoms with Crippen LogP contribution in [0.25, 0.3) is 0 Å². The van der Waals surface area contributed by atoms with E-state index in [2.05, 4.69) is 15.5 Å². The maximum Gasteiger partial charge on any atom is 0.233 e. The van der Waals surface area contributed by atoms with Gasteiger partial charge >= 0.3 is 0 Å². The van der Waals surface area contributed by atoms with Crippen molar-refractivity contribution in [3.05, 3.63) is 23.7 Å². The van der Waals surface area contributed by atoms with Crippen LogP contribution in [0.4, 0.5) is 0 Å². The summed E-state index contributed by atoms with van der Waals surface area (Å²) in [7, 11) is 0. The van der Waals surface area contributed by atoms with E-state index < -0.39 is 0 Å². The van der Waals surface area contributed by atoms with Crippen LogP contribution < -0.4 is 0 Å². The van der Waals surface area contributed by atoms with Gasteiger partial charge in [0.15, 0.2) is 0 Å². The number of amides is 1. The number of nitrogens with zero attached hydrogens (tertiary/aromatic N) is 5. The van der Waals surface area contributed by atoms with Crippen molar-refractivity contribution in [2.45, 2.75) is 69.2 Å². The third-order valence-electron chi connectivity index (χ3n) is 4.89. The molecule has 2 aliphatic carbocycles. The molecule has 0 atom stereocenters. The Morgan fingerprint density at radius 3 is 2.80 bits per heavy atom. The zero-order valence-corrected chi connectivity index (χ0v) is 15.2. The van der Waals surface area contributed by atoms with E-state index in [1.165, 1.54) is 24.6 Å². The minimum atomic E-state index is 0.127. The molecule has 2 heterocycles. The number of carbonyl (C=O) groups excluding carboxylic acids is 1. The standard InChI is InChI=1S/C17H23N5O2S/c1-12-6-9-15(24-12)10-21(13-7-8-13)16(23)11-25-17-18-19-20-22(17)14-4-2-3-5-14/h6,9,13-14H,2-5,7-8,10-11H2,1H3. The van der Waals surface area contributed by atoms with Crippen LogP contribution in [0.3, 0.4) is 0 Å². The Labute approximate surface area is 151 Å². The molecule has 1 amide bonds. The SMILES string of the molecule is Cc1ccc(CN(C(=O)CSc2nnnn2C2CCCC2)C2CC2)o1. The molecule has 2 saturated carbocycles. The van der Waals surface area contributed by atoms with Crippen LogP contribution in [0.2, 0.25) is 0 Å². The first-order valence-corrected chi connectivity index (χ1v) is 9.94. The summed E-state index contributed by atoms with van der Waals surface area (Å²) >= 11 is 1.44. The van der Waals surface area contributed by atoms with Gasteiger partial charge in [-0.25, -0.2) is 4.68 Å². The Hall–Kier alpha value is -1.83. The van der Waals surface area contributed by atoms with Crippen molar-refractivity contribution in [2.24, 2.45) is 0 Å². The second-order valence-electron chi connectivity index (χ2n) is 6.90. The topological polar surface area (TPSA) is 77.1 Å². The smallest absolute Gasteiger partial charge is 0.233 e. The molecule has 2 aromatic heterocycles. The van der Waals surface area contributed by atoms with Crippen molar-refractivity contribution in [1.82, 2.24) is 25.1 Å². The van der Waals surface area contributed by atoms with Crippen molar-refractivity contribution in [2.75, 3.05) is 5.75 Å². The van der Waals surface area contributed by atoms with Gasteiger partial charge in [-0.05, 0) is 55.2 Å². The maximum atomic E-state index is 12.7. The van der Waals surface area contributed by atoms with Crippen LogP contribution in [0, 0.1) is 6.92 Å². The number of carbonyl (C=O) groups is 1. The molecule has 0 bridgehead atoms. The summed E-state index contributed by atoms with van der Waals surface area (Å²) in [4.78, 5) is 14.7. The van der Waals surface area contributed by atoms with Gasteiger partial charge in [0.05, 0.1) is 18.3 Å². The molecular formula is C17H23N5O2S. The van der Waals surface area contributed by atoms with Gasteiger partial charge < -0.3 is 9.32 Å². The monoisotopic (exact) mass is 361 g/mol. The summed E-state index contributed by atoms with van der Waals surface area (Å²) in [5.74, 6) is 2.22. The van der Waals surface area contributed by atoms with Crippen molar-refractivity contribution in [3.8, 4) is 0 Å². The Morgan fingerprint density at radius 2 is 2.12 bits per heavy atom. The van der Waals surface area contributed by atoms with E-state index in [4.69, 9.17) is 4.42 Å². The number of hydrogen-bond donors (Lipinski definition) is 0. The first-order chi connectivity index (χ1) is 12.2. The van der Waals surface area contributed by atoms with Crippen LogP contribution in [-0.2, 0) is 11.3 Å². The first kappa shape index (κ1) is 16.6. The minimum absolute atomic E-state index is 0.127. The number of aromatic nitrogens is 4. The second kappa shape index (κ2) is 7.19. The van der Waals surface area contributed by atoms with E-state index >= 15 is 0 Å². The quantitative estimate of drug-likeness (QED) is 0.706. The predicted molar refractivity (Wildman–Crippen MR) is 93.1 cm³/mol. The number of thioether (sulfide) groups is 1. The number of hydrogen-bond acceptors (Lipinski definition) is 6. The van der Waals surface area contributed by atoms with Crippen molar-refractivity contribution < 1.29 is 9.21 Å². The lowest BCUT2D eigenvalue weighted by Crippen LogP contribution is -2.33. The lowest BCUT2D eigenvalue weighted by atomic mass is 10.3. The zero-order chi connectivity index (χ0) is 17.2. The number of aryl methyl sites for hydroxylation is 1. The van der Waals surface area contributed by atoms with Gasteiger partial charge in [0.1, 0.15) is 11.5 Å². The van der Waals surface area contributed by atoms with Gasteiger partial charge in [0, 0.05) is 6.04 Å². The Bertz CT molecular complexity index is 733. The van der Waals surface area contributed by atoms with Gasteiger partial charge in [0.2, 0.25) is 11.1 Å². The molecule has 0 saturated heterocycles. The van der Waals surface area contributed by atoms with Gasteiger partial charge in [-0.2, -0.15) is 0 Å². The largest absolute Gasteiger partial charge is 0.464 e. The van der Waals surface area contributed by atoms with Gasteiger partial charge in [-0.3, -0.25) is 4.79 Å². The molecule has 2 aromatic rings. The highest BCUT2D eigenvalue weighted by molar-refractivity contribution is 7.99. The number of furan rings is 1. The maximum absolute atomic E-state index is 12.7. The normalized spacial score (nSPS) is 18.0. The fourth-order valence-corrected chi connectivity index (χ4v) is 4.24. The van der Waals surface area contributed by atoms with Crippen LogP contribution in [-0.4, -0.2) is 42.8 Å². The van der Waals surface area contributed by atoms with Crippen LogP contribution in [0.5, 0.6) is 0 Å². The molecule has 134 valence electrons. The highest BCUT2D eigenvalue weighted by Gasteiger charge is 2.33. The molecule has 8 heteroatoms. The summed E-state index contributed by atoms with van der Waals surface area (Å²) in [5, 5.41) is 12.8. The minimum Gasteiger partial charge on any atom is -0.464 e. The highest BCUT2D eigenvalue weighted by atomic mass is 32.2. The Kier molecular flexibility index (Phi) is 4.78. The highest BCUT2D eigenvalue weighted by Crippen LogP contribution is 2.32. The molecule has 0 N–H and O–H groups in total. The third kappa shape index (κ3) is 3.89. The van der Waals surface area contributed by atoms with Crippen LogP contribution in [0.1, 0.15) is 56.1 Å². The second-order valence-corrected chi connectivity index (χ2v) is 7.84. The molecule has 25 heavy (non-hydrogen) atoms. The Balaban J connectivity index is 1.38. The number of rotatable bonds is 7. The van der Waals surface area contributed by atoms with Gasteiger partial charge in [-0.15, -0.1) is 5.10 Å². The van der Waals surface area contributed by atoms with E-state index in [0.717, 1.165) is 42.4 Å². The molecule has 2 fully saturated rings. The van der Waals surface area contributed by atoms with Crippen LogP contribution >= 0.6 is 11.8 Å². The third-order valence-corrected chi connectivity index (χ3v) is 5.81. The summed E-state index contributed by atoms with van der Waals surface area (Å²) < 4.78 is 7.55. The molecule has 4 rings (SSSR count). The molecule has 0 radical (unpaired) electrons. The summed E-state index contributed by atoms with van der Waals surface area (Å²) in [6.45, 7) is 2.47. The van der Waals surface area contributed by atoms with Gasteiger partial charge in [-0.1, -0.05) is 24.6 Å². The lowest BCUT2D eigenvalue weighted by molar-refractivity contribution is -0.129. The van der Waals surface area contributed by atoms with E-state index in [-0.39, 0.29) is 5.91 Å². The van der Waals surface area contributed by atoms with Crippen molar-refractivity contribution in [1.29, 1.82) is 0 Å². The summed E-state index contributed by atoms with van der Waals surface area (Å²) in [6, 6.07) is 4.63. The van der Waals surface area contributed by atoms with E-state index in [1.807, 2.05) is 28.6 Å². The van der Waals surface area contributed by atoms with Gasteiger partial charge in [0.25, 0.3) is 0 Å². The first-order valence-electron chi connectivity index (χ1n) is 8.96. The molecular weight excluding hydrogens is 338 g/mol. The molecule has 0 aromatic carbocycles. The van der Waals surface area contributed by atoms with Crippen LogP contribution in [0.15, 0.2) is 21.7 Å². The Morgan fingerprint density at radius 1 is 1.32 bits per heavy atom.